The number of nitrogens with zero attached hydrogens (tertiary/aromatic N) is 2. The Kier molecular flexibility index (Phi) is 6.51. The van der Waals surface area contributed by atoms with Gasteiger partial charge in [0.25, 0.3) is 0 Å². The predicted molar refractivity (Wildman–Crippen MR) is 112 cm³/mol. The quantitative estimate of drug-likeness (QED) is 0.547. The molecule has 0 fully saturated rings. The maximum atomic E-state index is 12.6. The van der Waals surface area contributed by atoms with E-state index in [1.54, 1.807) is 36.4 Å². The van der Waals surface area contributed by atoms with Crippen molar-refractivity contribution in [1.29, 1.82) is 0 Å². The van der Waals surface area contributed by atoms with E-state index in [0.29, 0.717) is 35.2 Å². The summed E-state index contributed by atoms with van der Waals surface area (Å²) in [4.78, 5) is 25.2. The molecular formula is C23H24N2O5. The second kappa shape index (κ2) is 9.26. The van der Waals surface area contributed by atoms with E-state index in [-0.39, 0.29) is 11.3 Å². The standard InChI is InChI=1S/C23H24N2O5/c1-15(2)14-30-18-12-10-16(11-13-18)20-19(22(26)28-3)21(23(27)29-4)25(24-20)17-8-6-5-7-9-17/h5-13,15H,14H2,1-4H3. The molecular weight excluding hydrogens is 384 g/mol. The largest absolute Gasteiger partial charge is 0.493 e. The van der Waals surface area contributed by atoms with E-state index in [1.807, 2.05) is 18.2 Å². The number of carbonyl (C=O) groups excluding carboxylic acids is 2. The zero-order valence-corrected chi connectivity index (χ0v) is 17.4. The molecule has 7 heteroatoms. The lowest BCUT2D eigenvalue weighted by Gasteiger charge is -2.09. The van der Waals surface area contributed by atoms with Crippen LogP contribution in [0.1, 0.15) is 34.7 Å². The SMILES string of the molecule is COC(=O)c1c(-c2ccc(OCC(C)C)cc2)nn(-c2ccccc2)c1C(=O)OC. The summed E-state index contributed by atoms with van der Waals surface area (Å²) in [7, 11) is 2.52. The van der Waals surface area contributed by atoms with Crippen LogP contribution < -0.4 is 4.74 Å². The molecule has 0 aliphatic heterocycles. The molecule has 156 valence electrons. The van der Waals surface area contributed by atoms with Crippen molar-refractivity contribution in [2.45, 2.75) is 13.8 Å². The first-order valence-electron chi connectivity index (χ1n) is 9.54. The number of carbonyl (C=O) groups is 2. The van der Waals surface area contributed by atoms with Crippen molar-refractivity contribution < 1.29 is 23.8 Å². The molecule has 2 aromatic carbocycles. The first-order valence-corrected chi connectivity index (χ1v) is 9.54. The maximum Gasteiger partial charge on any atom is 0.357 e. The van der Waals surface area contributed by atoms with Gasteiger partial charge in [0.2, 0.25) is 0 Å². The Morgan fingerprint density at radius 1 is 0.933 bits per heavy atom. The Morgan fingerprint density at radius 2 is 1.57 bits per heavy atom. The Hall–Kier alpha value is -3.61. The number of methoxy groups -OCH3 is 2. The minimum Gasteiger partial charge on any atom is -0.493 e. The zero-order valence-electron chi connectivity index (χ0n) is 17.4. The summed E-state index contributed by atoms with van der Waals surface area (Å²) in [5.74, 6) is -0.245. The molecule has 0 saturated heterocycles. The number of ether oxygens (including phenoxy) is 3. The molecule has 0 saturated carbocycles. The molecule has 0 N–H and O–H groups in total. The normalized spacial score (nSPS) is 10.7. The molecule has 0 bridgehead atoms. The van der Waals surface area contributed by atoms with E-state index < -0.39 is 11.9 Å². The minimum absolute atomic E-state index is 0.00526. The molecule has 3 aromatic rings. The van der Waals surface area contributed by atoms with Crippen molar-refractivity contribution in [3.05, 3.63) is 65.9 Å². The summed E-state index contributed by atoms with van der Waals surface area (Å²) in [6.07, 6.45) is 0. The zero-order chi connectivity index (χ0) is 21.7. The second-order valence-corrected chi connectivity index (χ2v) is 7.03. The molecule has 1 heterocycles. The number of esters is 2. The van der Waals surface area contributed by atoms with Gasteiger partial charge in [-0.2, -0.15) is 5.10 Å². The third kappa shape index (κ3) is 4.35. The molecule has 0 radical (unpaired) electrons. The number of benzene rings is 2. The van der Waals surface area contributed by atoms with E-state index in [1.165, 1.54) is 18.9 Å². The van der Waals surface area contributed by atoms with Crippen molar-refractivity contribution >= 4 is 11.9 Å². The minimum atomic E-state index is -0.685. The van der Waals surface area contributed by atoms with Gasteiger partial charge in [-0.1, -0.05) is 32.0 Å². The smallest absolute Gasteiger partial charge is 0.357 e. The maximum absolute atomic E-state index is 12.6. The number of hydrogen-bond donors (Lipinski definition) is 0. The van der Waals surface area contributed by atoms with Crippen LogP contribution in [0.3, 0.4) is 0 Å². The average Bonchev–Trinajstić information content (AvgIpc) is 3.18. The van der Waals surface area contributed by atoms with Crippen LogP contribution in [0.15, 0.2) is 54.6 Å². The van der Waals surface area contributed by atoms with Crippen LogP contribution in [0.25, 0.3) is 16.9 Å². The van der Waals surface area contributed by atoms with Crippen LogP contribution in [0.4, 0.5) is 0 Å². The summed E-state index contributed by atoms with van der Waals surface area (Å²) in [6, 6.07) is 16.2. The molecule has 1 aromatic heterocycles. The van der Waals surface area contributed by atoms with Gasteiger partial charge in [0.1, 0.15) is 17.0 Å². The Balaban J connectivity index is 2.15. The lowest BCUT2D eigenvalue weighted by atomic mass is 10.1. The van der Waals surface area contributed by atoms with Crippen molar-refractivity contribution in [2.24, 2.45) is 5.92 Å². The third-order valence-electron chi connectivity index (χ3n) is 4.37. The summed E-state index contributed by atoms with van der Waals surface area (Å²) in [6.45, 7) is 4.74. The van der Waals surface area contributed by atoms with Gasteiger partial charge in [0, 0.05) is 5.56 Å². The van der Waals surface area contributed by atoms with E-state index in [2.05, 4.69) is 18.9 Å². The molecule has 0 atom stereocenters. The highest BCUT2D eigenvalue weighted by molar-refractivity contribution is 6.06. The Labute approximate surface area is 175 Å². The molecule has 0 unspecified atom stereocenters. The highest BCUT2D eigenvalue weighted by atomic mass is 16.5. The first-order chi connectivity index (χ1) is 14.5. The van der Waals surface area contributed by atoms with Crippen LogP contribution in [0.5, 0.6) is 5.75 Å². The monoisotopic (exact) mass is 408 g/mol. The number of aromatic nitrogens is 2. The summed E-state index contributed by atoms with van der Waals surface area (Å²) < 4.78 is 17.0. The van der Waals surface area contributed by atoms with Crippen molar-refractivity contribution in [3.8, 4) is 22.7 Å². The first kappa shape index (κ1) is 21.1. The predicted octanol–water partition coefficient (Wildman–Crippen LogP) is 4.15. The van der Waals surface area contributed by atoms with Crippen molar-refractivity contribution in [1.82, 2.24) is 9.78 Å². The van der Waals surface area contributed by atoms with Crippen LogP contribution in [0, 0.1) is 5.92 Å². The lowest BCUT2D eigenvalue weighted by Crippen LogP contribution is -2.15. The van der Waals surface area contributed by atoms with Gasteiger partial charge in [0.05, 0.1) is 26.5 Å². The lowest BCUT2D eigenvalue weighted by molar-refractivity contribution is 0.0549. The van der Waals surface area contributed by atoms with Crippen molar-refractivity contribution in [3.63, 3.8) is 0 Å². The Bertz CT molecular complexity index is 1020. The summed E-state index contributed by atoms with van der Waals surface area (Å²) in [5.41, 5.74) is 1.63. The highest BCUT2D eigenvalue weighted by Gasteiger charge is 2.31. The van der Waals surface area contributed by atoms with Crippen LogP contribution in [0.2, 0.25) is 0 Å². The van der Waals surface area contributed by atoms with Gasteiger partial charge in [-0.15, -0.1) is 0 Å². The number of rotatable bonds is 7. The van der Waals surface area contributed by atoms with Gasteiger partial charge in [-0.05, 0) is 42.3 Å². The van der Waals surface area contributed by atoms with E-state index >= 15 is 0 Å². The molecule has 0 amide bonds. The molecule has 0 aliphatic carbocycles. The van der Waals surface area contributed by atoms with Crippen LogP contribution in [-0.4, -0.2) is 42.5 Å². The van der Waals surface area contributed by atoms with Gasteiger partial charge in [0.15, 0.2) is 5.69 Å². The summed E-state index contributed by atoms with van der Waals surface area (Å²) in [5, 5.41) is 4.57. The summed E-state index contributed by atoms with van der Waals surface area (Å²) >= 11 is 0. The topological polar surface area (TPSA) is 79.7 Å². The van der Waals surface area contributed by atoms with Gasteiger partial charge in [-0.3, -0.25) is 0 Å². The van der Waals surface area contributed by atoms with Crippen LogP contribution >= 0.6 is 0 Å². The van der Waals surface area contributed by atoms with Crippen molar-refractivity contribution in [2.75, 3.05) is 20.8 Å². The molecule has 0 spiro atoms. The fraction of sp³-hybridized carbons (Fsp3) is 0.261. The van der Waals surface area contributed by atoms with E-state index in [0.717, 1.165) is 0 Å². The van der Waals surface area contributed by atoms with Gasteiger partial charge in [-0.25, -0.2) is 14.3 Å². The van der Waals surface area contributed by atoms with E-state index in [9.17, 15) is 9.59 Å². The number of para-hydroxylation sites is 1. The van der Waals surface area contributed by atoms with Gasteiger partial charge < -0.3 is 14.2 Å². The third-order valence-corrected chi connectivity index (χ3v) is 4.37. The van der Waals surface area contributed by atoms with Crippen LogP contribution in [-0.2, 0) is 9.47 Å². The molecule has 30 heavy (non-hydrogen) atoms. The molecule has 7 nitrogen and oxygen atoms in total. The second-order valence-electron chi connectivity index (χ2n) is 7.03. The number of hydrogen-bond acceptors (Lipinski definition) is 6. The fourth-order valence-corrected chi connectivity index (χ4v) is 2.93. The molecule has 0 aliphatic rings. The van der Waals surface area contributed by atoms with Gasteiger partial charge >= 0.3 is 11.9 Å². The fourth-order valence-electron chi connectivity index (χ4n) is 2.93. The average molecular weight is 408 g/mol. The molecule has 3 rings (SSSR count). The van der Waals surface area contributed by atoms with E-state index in [4.69, 9.17) is 14.2 Å². The Morgan fingerprint density at radius 3 is 2.13 bits per heavy atom. The highest BCUT2D eigenvalue weighted by Crippen LogP contribution is 2.30.